The second-order valence-corrected chi connectivity index (χ2v) is 58.5. The molecule has 0 bridgehead atoms. The van der Waals surface area contributed by atoms with Crippen molar-refractivity contribution in [3.8, 4) is 23.0 Å². The van der Waals surface area contributed by atoms with Crippen molar-refractivity contribution < 1.29 is 31.3 Å². The maximum atomic E-state index is 7.58. The van der Waals surface area contributed by atoms with Gasteiger partial charge in [0, 0.05) is 62.1 Å². The van der Waals surface area contributed by atoms with Gasteiger partial charge in [0.15, 0.2) is 0 Å². The normalized spacial score (nSPS) is 18.8. The predicted octanol–water partition coefficient (Wildman–Crippen LogP) is 31.6. The zero-order chi connectivity index (χ0) is 95.4. The van der Waals surface area contributed by atoms with E-state index < -0.39 is 37.5 Å². The Hall–Kier alpha value is -7.33. The van der Waals surface area contributed by atoms with Crippen molar-refractivity contribution in [3.63, 3.8) is 0 Å². The molecule has 4 nitrogen and oxygen atoms in total. The van der Waals surface area contributed by atoms with Crippen LogP contribution in [0.5, 0.6) is 23.0 Å². The average Bonchev–Trinajstić information content (AvgIpc) is 1.07. The first-order valence-corrected chi connectivity index (χ1v) is 62.4. The minimum atomic E-state index is -0.891. The van der Waals surface area contributed by atoms with Gasteiger partial charge < -0.3 is 34.0 Å². The molecule has 6 saturated carbocycles. The van der Waals surface area contributed by atoms with E-state index in [1.165, 1.54) is 255 Å². The Morgan fingerprint density at radius 1 is 0.296 bits per heavy atom. The topological polar surface area (TPSA) is 30.9 Å². The molecule has 0 saturated heterocycles. The third-order valence-corrected chi connectivity index (χ3v) is 49.9. The summed E-state index contributed by atoms with van der Waals surface area (Å²) in [6, 6.07) is 117. The molecule has 0 N–H and O–H groups in total. The number of ether oxygens (including phenoxy) is 3. The van der Waals surface area contributed by atoms with E-state index in [0.29, 0.717) is 6.04 Å². The van der Waals surface area contributed by atoms with Crippen LogP contribution in [0.15, 0.2) is 325 Å². The number of hydrogen-bond acceptors (Lipinski definition) is 5. The maximum absolute atomic E-state index is 7.58. The monoisotopic (exact) mass is 2050 g/mol. The summed E-state index contributed by atoms with van der Waals surface area (Å²) in [5, 5.41) is 17.5. The summed E-state index contributed by atoms with van der Waals surface area (Å²) >= 11 is 1.85. The van der Waals surface area contributed by atoms with Gasteiger partial charge in [0.1, 0.15) is 23.0 Å². The van der Waals surface area contributed by atoms with Crippen LogP contribution in [0.25, 0.3) is 0 Å². The first kappa shape index (κ1) is 107. The fourth-order valence-electron chi connectivity index (χ4n) is 25.3. The second kappa shape index (κ2) is 50.1. The Bertz CT molecular complexity index is 5670. The van der Waals surface area contributed by atoms with Crippen LogP contribution in [0.2, 0.25) is 0 Å². The molecule has 12 heteroatoms. The molecule has 6 aliphatic carbocycles. The molecule has 1 spiro atoms. The van der Waals surface area contributed by atoms with Crippen molar-refractivity contribution in [2.45, 2.75) is 309 Å². The predicted molar refractivity (Wildman–Crippen MR) is 624 cm³/mol. The standard InChI is InChI=1S/C47H46O2P2.C38H63NP2.C38H30OP2S.C5H10.2CH3.Fe/c1-33-27-39-43(41(29-33)50(35-19-11-7-12-20-35)36-21-13-8-14-22-36)48-47(31-45(39,3)4)32-46(5,6)40-28-34(2)30-42(44(40)49-47)51(37-23-15-9-16-24-37)38-25-17-10-18-26-38;1-39(2)38(35-27-17-29-37(35)41(32-22-11-5-12-23-32)33-24-13-6-14-25-33)34-26-15-16-28-36(34)40(30-18-7-3-8-19-30)31-20-9-4-10-21-31;1-27-23-33(40(29-15-7-3-8-16-29)30-17-9-4-10-18-30)37-35(25-27)42-36-26-28(2)24-34(38(36)39-37)41(31-19-11-5-12-20-31)32-21-13-6-14-22-32;1-2-4-5-3-1;;;/h7-30H,31-32H2,1-6H3;15-16,26,28,30-33,35,37-38H,3-14,17-25,27,29H2,1-2H3;3-26H,1-2H3;1-5H2;2*1H3;/q;;;;2*-1;+2/t;35?,37?,38-;;;;;/m.1...../s1. The van der Waals surface area contributed by atoms with Gasteiger partial charge in [-0.05, 0) is 284 Å². The summed E-state index contributed by atoms with van der Waals surface area (Å²) in [6.45, 7) is 18.4. The molecular weight excluding hydrogens is 1900 g/mol. The second-order valence-electron chi connectivity index (χ2n) is 42.9. The molecule has 3 heterocycles. The van der Waals surface area contributed by atoms with Crippen LogP contribution in [-0.4, -0.2) is 53.1 Å². The minimum Gasteiger partial charge on any atom is -0.454 e. The Morgan fingerprint density at radius 3 is 0.866 bits per heavy atom. The molecule has 9 aliphatic rings. The molecule has 2 unspecified atom stereocenters. The van der Waals surface area contributed by atoms with Crippen LogP contribution in [0.3, 0.4) is 0 Å². The van der Waals surface area contributed by atoms with Gasteiger partial charge in [-0.15, -0.1) is 0 Å². The van der Waals surface area contributed by atoms with Crippen LogP contribution in [-0.2, 0) is 27.9 Å². The SMILES string of the molecule is C1CCCC1.CN(C)[C@H](c1ccccc1P(C1CCCCC1)C1CCCCC1)C1CCCC1P(C1CCCCC1)C1CCCCC1.Cc1cc(P(c2ccccc2)c2ccccc2)c2c(c1)C(C)(C)CC1(CC(C)(C)c3cc(C)cc(P(c4ccccc4)c4ccccc4)c3O1)O2.Cc1cc2c(c(P(c3ccccc3)c3ccccc3)c1)Oc1c(cc(C)cc1P(c1ccccc1)c1ccccc1)S2.[CH3-].[CH3-].[Fe+2]. The number of rotatable bonds is 21. The number of hydrogen-bond donors (Lipinski definition) is 0. The number of nitrogens with zero attached hydrogens (tertiary/aromatic N) is 1. The van der Waals surface area contributed by atoms with E-state index in [2.05, 4.69) is 390 Å². The van der Waals surface area contributed by atoms with E-state index in [4.69, 9.17) is 14.2 Å². The Labute approximate surface area is 878 Å². The van der Waals surface area contributed by atoms with Gasteiger partial charge in [-0.3, -0.25) is 0 Å². The van der Waals surface area contributed by atoms with Crippen molar-refractivity contribution in [2.75, 3.05) is 14.1 Å². The van der Waals surface area contributed by atoms with Crippen molar-refractivity contribution >= 4 is 128 Å². The van der Waals surface area contributed by atoms with Gasteiger partial charge in [-0.2, -0.15) is 0 Å². The van der Waals surface area contributed by atoms with E-state index in [9.17, 15) is 0 Å². The van der Waals surface area contributed by atoms with Gasteiger partial charge in [-0.1, -0.05) is 450 Å². The third kappa shape index (κ3) is 24.8. The largest absolute Gasteiger partial charge is 2.00 e. The molecule has 13 aromatic carbocycles. The van der Waals surface area contributed by atoms with Gasteiger partial charge in [0.25, 0.3) is 5.79 Å². The fraction of sp³-hybridized carbons (Fsp3) is 0.385. The van der Waals surface area contributed by atoms with Gasteiger partial charge in [0.2, 0.25) is 0 Å². The maximum Gasteiger partial charge on any atom is 2.00 e. The van der Waals surface area contributed by atoms with Crippen LogP contribution < -0.4 is 83.2 Å². The van der Waals surface area contributed by atoms with Crippen molar-refractivity contribution in [2.24, 2.45) is 5.92 Å². The van der Waals surface area contributed by atoms with E-state index >= 15 is 0 Å². The zero-order valence-electron chi connectivity index (χ0n) is 86.9. The van der Waals surface area contributed by atoms with Gasteiger partial charge >= 0.3 is 17.1 Å². The number of benzene rings is 13. The first-order chi connectivity index (χ1) is 67.9. The molecule has 3 aliphatic heterocycles. The molecule has 6 fully saturated rings. The molecule has 0 radical (unpaired) electrons. The first-order valence-electron chi connectivity index (χ1n) is 53.2. The molecule has 142 heavy (non-hydrogen) atoms. The molecule has 0 amide bonds. The summed E-state index contributed by atoms with van der Waals surface area (Å²) in [6.07, 6.45) is 44.0. The van der Waals surface area contributed by atoms with E-state index in [-0.39, 0.29) is 58.6 Å². The Kier molecular flexibility index (Phi) is 37.9. The van der Waals surface area contributed by atoms with Crippen LogP contribution in [0.1, 0.15) is 265 Å². The minimum absolute atomic E-state index is 0. The van der Waals surface area contributed by atoms with E-state index in [0.717, 1.165) is 70.1 Å². The van der Waals surface area contributed by atoms with Gasteiger partial charge in [-0.25, -0.2) is 0 Å². The summed E-state index contributed by atoms with van der Waals surface area (Å²) in [5.74, 6) is 4.03. The molecular formula is C130H155FeNO3P6S. The quantitative estimate of drug-likeness (QED) is 0.0407. The van der Waals surface area contributed by atoms with Crippen molar-refractivity contribution in [3.05, 3.63) is 369 Å². The molecule has 22 rings (SSSR count). The molecule has 742 valence electrons. The average molecular weight is 2050 g/mol. The summed E-state index contributed by atoms with van der Waals surface area (Å²) in [5.41, 5.74) is 14.2. The Balaban J connectivity index is 0.000000149. The number of fused-ring (bicyclic) bond motifs is 4. The van der Waals surface area contributed by atoms with Crippen molar-refractivity contribution in [1.29, 1.82) is 0 Å². The summed E-state index contributed by atoms with van der Waals surface area (Å²) < 4.78 is 22.4. The van der Waals surface area contributed by atoms with Crippen LogP contribution >= 0.6 is 59.3 Å². The smallest absolute Gasteiger partial charge is 0.454 e. The van der Waals surface area contributed by atoms with Crippen molar-refractivity contribution in [1.82, 2.24) is 4.90 Å². The van der Waals surface area contributed by atoms with Crippen LogP contribution in [0.4, 0.5) is 0 Å². The number of aryl methyl sites for hydroxylation is 4. The summed E-state index contributed by atoms with van der Waals surface area (Å²) in [7, 11) is 1.59. The van der Waals surface area contributed by atoms with E-state index in [1.54, 1.807) is 37.7 Å². The van der Waals surface area contributed by atoms with Crippen LogP contribution in [0, 0.1) is 48.5 Å². The zero-order valence-corrected chi connectivity index (χ0v) is 94.2. The summed E-state index contributed by atoms with van der Waals surface area (Å²) in [4.78, 5) is 5.11. The Morgan fingerprint density at radius 2 is 0.563 bits per heavy atom. The van der Waals surface area contributed by atoms with E-state index in [1.807, 2.05) is 17.1 Å². The third-order valence-electron chi connectivity index (χ3n) is 31.3. The molecule has 0 aromatic heterocycles. The molecule has 3 atom stereocenters. The van der Waals surface area contributed by atoms with Gasteiger partial charge in [0.05, 0.1) is 9.79 Å². The molecule has 13 aromatic rings. The fourth-order valence-corrected chi connectivity index (χ4v) is 45.5.